The van der Waals surface area contributed by atoms with Crippen LogP contribution in [0.3, 0.4) is 0 Å². The molecule has 0 aromatic heterocycles. The van der Waals surface area contributed by atoms with Gasteiger partial charge in [-0.2, -0.15) is 11.8 Å². The minimum Gasteiger partial charge on any atom is -0.337 e. The number of benzene rings is 2. The third kappa shape index (κ3) is 5.79. The van der Waals surface area contributed by atoms with Gasteiger partial charge in [0.1, 0.15) is 0 Å². The van der Waals surface area contributed by atoms with Gasteiger partial charge in [-0.15, -0.1) is 0 Å². The standard InChI is InChI=1S/C16H16Cl2N2OS/c17-13-5-3-6-14(10-13)20-16(21)19-8-9-22-11-12-4-1-2-7-15(12)18/h1-7,10H,8-9,11H2,(H2,19,20,21). The monoisotopic (exact) mass is 354 g/mol. The Labute approximate surface area is 144 Å². The van der Waals surface area contributed by atoms with Gasteiger partial charge in [-0.05, 0) is 29.8 Å². The highest BCUT2D eigenvalue weighted by Crippen LogP contribution is 2.20. The zero-order valence-corrected chi connectivity index (χ0v) is 14.1. The summed E-state index contributed by atoms with van der Waals surface area (Å²) in [6.07, 6.45) is 0. The summed E-state index contributed by atoms with van der Waals surface area (Å²) in [5.74, 6) is 1.64. The van der Waals surface area contributed by atoms with E-state index >= 15 is 0 Å². The highest BCUT2D eigenvalue weighted by molar-refractivity contribution is 7.98. The lowest BCUT2D eigenvalue weighted by Gasteiger charge is -2.08. The smallest absolute Gasteiger partial charge is 0.319 e. The van der Waals surface area contributed by atoms with Gasteiger partial charge in [0.25, 0.3) is 0 Å². The molecule has 0 spiro atoms. The van der Waals surface area contributed by atoms with E-state index in [1.54, 1.807) is 36.0 Å². The van der Waals surface area contributed by atoms with Crippen LogP contribution in [0.25, 0.3) is 0 Å². The molecule has 22 heavy (non-hydrogen) atoms. The SMILES string of the molecule is O=C(NCCSCc1ccccc1Cl)Nc1cccc(Cl)c1. The van der Waals surface area contributed by atoms with Crippen molar-refractivity contribution in [3.8, 4) is 0 Å². The molecule has 0 aliphatic rings. The number of hydrogen-bond acceptors (Lipinski definition) is 2. The molecule has 6 heteroatoms. The summed E-state index contributed by atoms with van der Waals surface area (Å²) in [7, 11) is 0. The van der Waals surface area contributed by atoms with Gasteiger partial charge in [0, 0.05) is 33.8 Å². The number of carbonyl (C=O) groups excluding carboxylic acids is 1. The highest BCUT2D eigenvalue weighted by atomic mass is 35.5. The van der Waals surface area contributed by atoms with Gasteiger partial charge < -0.3 is 10.6 Å². The molecule has 0 unspecified atom stereocenters. The van der Waals surface area contributed by atoms with Gasteiger partial charge in [0.05, 0.1) is 0 Å². The van der Waals surface area contributed by atoms with Crippen molar-refractivity contribution in [3.63, 3.8) is 0 Å². The summed E-state index contributed by atoms with van der Waals surface area (Å²) < 4.78 is 0. The van der Waals surface area contributed by atoms with Gasteiger partial charge >= 0.3 is 6.03 Å². The average Bonchev–Trinajstić information content (AvgIpc) is 2.48. The molecule has 3 nitrogen and oxygen atoms in total. The van der Waals surface area contributed by atoms with Crippen molar-refractivity contribution >= 4 is 46.7 Å². The number of urea groups is 1. The fraction of sp³-hybridized carbons (Fsp3) is 0.188. The molecule has 0 aliphatic carbocycles. The van der Waals surface area contributed by atoms with E-state index in [0.29, 0.717) is 17.3 Å². The quantitative estimate of drug-likeness (QED) is 0.712. The van der Waals surface area contributed by atoms with Gasteiger partial charge in [-0.1, -0.05) is 47.5 Å². The molecule has 0 atom stereocenters. The second-order valence-corrected chi connectivity index (χ2v) is 6.48. The molecular formula is C16H16Cl2N2OS. The van der Waals surface area contributed by atoms with E-state index in [1.165, 1.54) is 0 Å². The Bertz CT molecular complexity index is 637. The number of hydrogen-bond donors (Lipinski definition) is 2. The van der Waals surface area contributed by atoms with E-state index < -0.39 is 0 Å². The molecule has 2 N–H and O–H groups in total. The van der Waals surface area contributed by atoms with Crippen LogP contribution >= 0.6 is 35.0 Å². The molecule has 0 fully saturated rings. The third-order valence-electron chi connectivity index (χ3n) is 2.83. The van der Waals surface area contributed by atoms with Gasteiger partial charge in [0.15, 0.2) is 0 Å². The summed E-state index contributed by atoms with van der Waals surface area (Å²) in [5.41, 5.74) is 1.78. The van der Waals surface area contributed by atoms with Crippen molar-refractivity contribution < 1.29 is 4.79 Å². The van der Waals surface area contributed by atoms with Crippen molar-refractivity contribution in [1.82, 2.24) is 5.32 Å². The number of thioether (sulfide) groups is 1. The third-order valence-corrected chi connectivity index (χ3v) is 4.44. The van der Waals surface area contributed by atoms with E-state index in [0.717, 1.165) is 22.1 Å². The normalized spacial score (nSPS) is 10.3. The molecular weight excluding hydrogens is 339 g/mol. The molecule has 2 amide bonds. The lowest BCUT2D eigenvalue weighted by atomic mass is 10.2. The Morgan fingerprint density at radius 2 is 1.91 bits per heavy atom. The second kappa shape index (κ2) is 8.93. The largest absolute Gasteiger partial charge is 0.337 e. The summed E-state index contributed by atoms with van der Waals surface area (Å²) in [5, 5.41) is 6.91. The Hall–Kier alpha value is -1.36. The van der Waals surface area contributed by atoms with E-state index in [-0.39, 0.29) is 6.03 Å². The van der Waals surface area contributed by atoms with Crippen LogP contribution in [-0.4, -0.2) is 18.3 Å². The fourth-order valence-corrected chi connectivity index (χ4v) is 3.11. The maximum absolute atomic E-state index is 11.7. The molecule has 0 saturated carbocycles. The molecule has 0 aliphatic heterocycles. The van der Waals surface area contributed by atoms with E-state index in [4.69, 9.17) is 23.2 Å². The van der Waals surface area contributed by atoms with Gasteiger partial charge in [-0.3, -0.25) is 0 Å². The van der Waals surface area contributed by atoms with Crippen LogP contribution in [0.15, 0.2) is 48.5 Å². The molecule has 0 radical (unpaired) electrons. The van der Waals surface area contributed by atoms with Crippen molar-refractivity contribution in [3.05, 3.63) is 64.1 Å². The summed E-state index contributed by atoms with van der Waals surface area (Å²) >= 11 is 13.7. The maximum Gasteiger partial charge on any atom is 0.319 e. The number of halogens is 2. The van der Waals surface area contributed by atoms with Crippen LogP contribution in [0.5, 0.6) is 0 Å². The Morgan fingerprint density at radius 3 is 2.68 bits per heavy atom. The molecule has 0 bridgehead atoms. The highest BCUT2D eigenvalue weighted by Gasteiger charge is 2.02. The zero-order chi connectivity index (χ0) is 15.8. The summed E-state index contributed by atoms with van der Waals surface area (Å²) in [6.45, 7) is 0.585. The van der Waals surface area contributed by atoms with Crippen LogP contribution in [0.4, 0.5) is 10.5 Å². The predicted molar refractivity (Wildman–Crippen MR) is 96.1 cm³/mol. The number of carbonyl (C=O) groups is 1. The predicted octanol–water partition coefficient (Wildman–Crippen LogP) is 5.05. The van der Waals surface area contributed by atoms with E-state index in [1.807, 2.05) is 24.3 Å². The average molecular weight is 355 g/mol. The Kier molecular flexibility index (Phi) is 6.90. The topological polar surface area (TPSA) is 41.1 Å². The Balaban J connectivity index is 1.64. The molecule has 2 rings (SSSR count). The van der Waals surface area contributed by atoms with E-state index in [2.05, 4.69) is 10.6 Å². The number of rotatable bonds is 6. The first kappa shape index (κ1) is 17.0. The van der Waals surface area contributed by atoms with Gasteiger partial charge in [0.2, 0.25) is 0 Å². The molecule has 2 aromatic carbocycles. The number of amides is 2. The molecule has 116 valence electrons. The van der Waals surface area contributed by atoms with Crippen LogP contribution in [0.1, 0.15) is 5.56 Å². The van der Waals surface area contributed by atoms with Crippen molar-refractivity contribution in [2.24, 2.45) is 0 Å². The number of anilines is 1. The van der Waals surface area contributed by atoms with Crippen LogP contribution in [-0.2, 0) is 5.75 Å². The fourth-order valence-electron chi connectivity index (χ4n) is 1.78. The lowest BCUT2D eigenvalue weighted by molar-refractivity contribution is 0.252. The second-order valence-electron chi connectivity index (χ2n) is 4.54. The first-order valence-electron chi connectivity index (χ1n) is 6.77. The Morgan fingerprint density at radius 1 is 1.09 bits per heavy atom. The van der Waals surface area contributed by atoms with Crippen molar-refractivity contribution in [2.75, 3.05) is 17.6 Å². The zero-order valence-electron chi connectivity index (χ0n) is 11.8. The number of nitrogens with one attached hydrogen (secondary N) is 2. The molecule has 0 saturated heterocycles. The minimum atomic E-state index is -0.236. The van der Waals surface area contributed by atoms with Crippen LogP contribution < -0.4 is 10.6 Å². The van der Waals surface area contributed by atoms with E-state index in [9.17, 15) is 4.79 Å². The van der Waals surface area contributed by atoms with Crippen molar-refractivity contribution in [1.29, 1.82) is 0 Å². The first-order valence-corrected chi connectivity index (χ1v) is 8.68. The minimum absolute atomic E-state index is 0.236. The maximum atomic E-state index is 11.7. The summed E-state index contributed by atoms with van der Waals surface area (Å²) in [4.78, 5) is 11.7. The molecule has 0 heterocycles. The van der Waals surface area contributed by atoms with Crippen molar-refractivity contribution in [2.45, 2.75) is 5.75 Å². The summed E-state index contributed by atoms with van der Waals surface area (Å²) in [6, 6.07) is 14.6. The van der Waals surface area contributed by atoms with Gasteiger partial charge in [-0.25, -0.2) is 4.79 Å². The molecule has 2 aromatic rings. The lowest BCUT2D eigenvalue weighted by Crippen LogP contribution is -2.30. The van der Waals surface area contributed by atoms with Crippen LogP contribution in [0, 0.1) is 0 Å². The first-order chi connectivity index (χ1) is 10.6. The van der Waals surface area contributed by atoms with Crippen LogP contribution in [0.2, 0.25) is 10.0 Å².